The van der Waals surface area contributed by atoms with Crippen LogP contribution in [0.5, 0.6) is 0 Å². The third kappa shape index (κ3) is 2.97. The highest BCUT2D eigenvalue weighted by Gasteiger charge is 2.16. The van der Waals surface area contributed by atoms with Gasteiger partial charge in [-0.05, 0) is 57.0 Å². The van der Waals surface area contributed by atoms with E-state index < -0.39 is 0 Å². The number of fused-ring (bicyclic) bond motifs is 1. The van der Waals surface area contributed by atoms with Crippen molar-refractivity contribution in [2.75, 3.05) is 19.6 Å². The van der Waals surface area contributed by atoms with Crippen LogP contribution in [0.15, 0.2) is 18.2 Å². The van der Waals surface area contributed by atoms with Crippen LogP contribution in [0.1, 0.15) is 44.1 Å². The molecule has 1 aliphatic rings. The van der Waals surface area contributed by atoms with Crippen molar-refractivity contribution < 1.29 is 0 Å². The van der Waals surface area contributed by atoms with Crippen molar-refractivity contribution in [1.82, 2.24) is 14.5 Å². The average molecular weight is 286 g/mol. The number of hydrogen-bond acceptors (Lipinski definition) is 3. The number of hydrogen-bond donors (Lipinski definition) is 1. The molecule has 0 bridgehead atoms. The maximum Gasteiger partial charge on any atom is 0.126 e. The Morgan fingerprint density at radius 1 is 1.24 bits per heavy atom. The van der Waals surface area contributed by atoms with Gasteiger partial charge in [0.25, 0.3) is 0 Å². The minimum absolute atomic E-state index is 0.0268. The molecular weight excluding hydrogens is 260 g/mol. The number of aryl methyl sites for hydroxylation is 1. The summed E-state index contributed by atoms with van der Waals surface area (Å²) in [6.45, 7) is 8.76. The largest absolute Gasteiger partial charge is 0.325 e. The molecule has 3 rings (SSSR count). The predicted molar refractivity (Wildman–Crippen MR) is 87.4 cm³/mol. The average Bonchev–Trinajstić information content (AvgIpc) is 3.11. The lowest BCUT2D eigenvalue weighted by Gasteiger charge is -2.17. The van der Waals surface area contributed by atoms with E-state index in [1.807, 2.05) is 6.92 Å². The van der Waals surface area contributed by atoms with Crippen molar-refractivity contribution in [1.29, 1.82) is 0 Å². The molecule has 0 radical (unpaired) electrons. The van der Waals surface area contributed by atoms with E-state index in [9.17, 15) is 0 Å². The number of aromatic nitrogens is 2. The second kappa shape index (κ2) is 6.16. The van der Waals surface area contributed by atoms with E-state index in [1.165, 1.54) is 37.0 Å². The van der Waals surface area contributed by atoms with Crippen LogP contribution in [0, 0.1) is 0 Å². The number of likely N-dealkylation sites (tertiary alicyclic amines) is 1. The second-order valence-corrected chi connectivity index (χ2v) is 6.14. The fourth-order valence-electron chi connectivity index (χ4n) is 3.24. The summed E-state index contributed by atoms with van der Waals surface area (Å²) >= 11 is 0. The molecule has 1 aliphatic heterocycles. The summed E-state index contributed by atoms with van der Waals surface area (Å²) < 4.78 is 2.32. The van der Waals surface area contributed by atoms with Crippen LogP contribution in [-0.2, 0) is 13.0 Å². The highest BCUT2D eigenvalue weighted by Crippen LogP contribution is 2.22. The first-order valence-electron chi connectivity index (χ1n) is 8.16. The van der Waals surface area contributed by atoms with E-state index in [4.69, 9.17) is 10.7 Å². The number of nitrogens with zero attached hydrogens (tertiary/aromatic N) is 3. The van der Waals surface area contributed by atoms with Gasteiger partial charge < -0.3 is 15.2 Å². The summed E-state index contributed by atoms with van der Waals surface area (Å²) in [5.74, 6) is 1.01. The molecule has 1 aromatic heterocycles. The van der Waals surface area contributed by atoms with Crippen LogP contribution in [-0.4, -0.2) is 34.1 Å². The van der Waals surface area contributed by atoms with Gasteiger partial charge >= 0.3 is 0 Å². The van der Waals surface area contributed by atoms with E-state index in [2.05, 4.69) is 34.6 Å². The second-order valence-electron chi connectivity index (χ2n) is 6.14. The molecule has 114 valence electrons. The standard InChI is InChI=1S/C17H26N4/c1-3-14-6-7-16-15(12-14)19-17(13(2)18)21(16)11-10-20-8-4-5-9-20/h6-7,12-13H,3-5,8-11,18H2,1-2H3. The summed E-state index contributed by atoms with van der Waals surface area (Å²) in [7, 11) is 0. The normalized spacial score (nSPS) is 17.7. The highest BCUT2D eigenvalue weighted by molar-refractivity contribution is 5.77. The van der Waals surface area contributed by atoms with Crippen LogP contribution in [0.25, 0.3) is 11.0 Å². The van der Waals surface area contributed by atoms with Gasteiger partial charge in [0, 0.05) is 13.1 Å². The first-order valence-corrected chi connectivity index (χ1v) is 8.16. The van der Waals surface area contributed by atoms with E-state index in [-0.39, 0.29) is 6.04 Å². The molecule has 1 aromatic carbocycles. The number of benzene rings is 1. The molecule has 0 saturated carbocycles. The monoisotopic (exact) mass is 286 g/mol. The lowest BCUT2D eigenvalue weighted by Crippen LogP contribution is -2.25. The fraction of sp³-hybridized carbons (Fsp3) is 0.588. The summed E-state index contributed by atoms with van der Waals surface area (Å²) in [5, 5.41) is 0. The summed E-state index contributed by atoms with van der Waals surface area (Å²) in [6, 6.07) is 6.59. The molecule has 2 N–H and O–H groups in total. The smallest absolute Gasteiger partial charge is 0.126 e. The SMILES string of the molecule is CCc1ccc2c(c1)nc(C(C)N)n2CCN1CCCC1. The van der Waals surface area contributed by atoms with Gasteiger partial charge in [-0.25, -0.2) is 4.98 Å². The van der Waals surface area contributed by atoms with Crippen molar-refractivity contribution in [3.63, 3.8) is 0 Å². The zero-order valence-corrected chi connectivity index (χ0v) is 13.2. The Morgan fingerprint density at radius 2 is 2.00 bits per heavy atom. The molecule has 0 amide bonds. The number of imidazole rings is 1. The maximum atomic E-state index is 6.14. The van der Waals surface area contributed by atoms with Crippen LogP contribution in [0.4, 0.5) is 0 Å². The van der Waals surface area contributed by atoms with Crippen molar-refractivity contribution in [2.45, 2.75) is 45.7 Å². The topological polar surface area (TPSA) is 47.1 Å². The first-order chi connectivity index (χ1) is 10.2. The van der Waals surface area contributed by atoms with Gasteiger partial charge in [-0.3, -0.25) is 0 Å². The summed E-state index contributed by atoms with van der Waals surface area (Å²) in [4.78, 5) is 7.32. The van der Waals surface area contributed by atoms with Gasteiger partial charge in [-0.1, -0.05) is 13.0 Å². The molecule has 1 saturated heterocycles. The molecule has 4 heteroatoms. The lowest BCUT2D eigenvalue weighted by molar-refractivity contribution is 0.321. The molecule has 21 heavy (non-hydrogen) atoms. The van der Waals surface area contributed by atoms with Gasteiger partial charge in [0.15, 0.2) is 0 Å². The van der Waals surface area contributed by atoms with Gasteiger partial charge in [0.2, 0.25) is 0 Å². The summed E-state index contributed by atoms with van der Waals surface area (Å²) in [6.07, 6.45) is 3.72. The van der Waals surface area contributed by atoms with Crippen LogP contribution in [0.3, 0.4) is 0 Å². The molecule has 2 aromatic rings. The van der Waals surface area contributed by atoms with Crippen molar-refractivity contribution in [2.24, 2.45) is 5.73 Å². The minimum Gasteiger partial charge on any atom is -0.325 e. The zero-order chi connectivity index (χ0) is 14.8. The fourth-order valence-corrected chi connectivity index (χ4v) is 3.24. The molecule has 1 unspecified atom stereocenters. The Labute approximate surface area is 126 Å². The molecule has 0 spiro atoms. The maximum absolute atomic E-state index is 6.14. The first kappa shape index (κ1) is 14.5. The Morgan fingerprint density at radius 3 is 2.67 bits per heavy atom. The van der Waals surface area contributed by atoms with Gasteiger partial charge in [-0.2, -0.15) is 0 Å². The zero-order valence-electron chi connectivity index (χ0n) is 13.2. The van der Waals surface area contributed by atoms with Crippen LogP contribution >= 0.6 is 0 Å². The van der Waals surface area contributed by atoms with E-state index >= 15 is 0 Å². The van der Waals surface area contributed by atoms with Crippen molar-refractivity contribution >= 4 is 11.0 Å². The van der Waals surface area contributed by atoms with Crippen LogP contribution < -0.4 is 5.73 Å². The van der Waals surface area contributed by atoms with E-state index in [1.54, 1.807) is 0 Å². The van der Waals surface area contributed by atoms with Crippen molar-refractivity contribution in [3.05, 3.63) is 29.6 Å². The molecule has 1 atom stereocenters. The lowest BCUT2D eigenvalue weighted by atomic mass is 10.1. The quantitative estimate of drug-likeness (QED) is 0.919. The molecule has 2 heterocycles. The Hall–Kier alpha value is -1.39. The highest BCUT2D eigenvalue weighted by atomic mass is 15.2. The third-order valence-electron chi connectivity index (χ3n) is 4.50. The van der Waals surface area contributed by atoms with Crippen molar-refractivity contribution in [3.8, 4) is 0 Å². The van der Waals surface area contributed by atoms with Gasteiger partial charge in [-0.15, -0.1) is 0 Å². The van der Waals surface area contributed by atoms with Crippen LogP contribution in [0.2, 0.25) is 0 Å². The molecule has 1 fully saturated rings. The Kier molecular flexibility index (Phi) is 4.27. The molecule has 4 nitrogen and oxygen atoms in total. The Balaban J connectivity index is 1.91. The molecule has 0 aliphatic carbocycles. The van der Waals surface area contributed by atoms with E-state index in [0.717, 1.165) is 30.9 Å². The predicted octanol–water partition coefficient (Wildman–Crippen LogP) is 2.71. The number of nitrogens with two attached hydrogens (primary N) is 1. The van der Waals surface area contributed by atoms with E-state index in [0.29, 0.717) is 0 Å². The third-order valence-corrected chi connectivity index (χ3v) is 4.50. The summed E-state index contributed by atoms with van der Waals surface area (Å²) in [5.41, 5.74) is 9.78. The van der Waals surface area contributed by atoms with Gasteiger partial charge in [0.1, 0.15) is 5.82 Å². The minimum atomic E-state index is -0.0268. The van der Waals surface area contributed by atoms with Gasteiger partial charge in [0.05, 0.1) is 17.1 Å². The Bertz CT molecular complexity index is 609. The molecular formula is C17H26N4. The number of rotatable bonds is 5.